The highest BCUT2D eigenvalue weighted by Crippen LogP contribution is 2.30. The zero-order chi connectivity index (χ0) is 14.5. The summed E-state index contributed by atoms with van der Waals surface area (Å²) >= 11 is 0. The molecule has 0 unspecified atom stereocenters. The van der Waals surface area contributed by atoms with E-state index in [2.05, 4.69) is 25.7 Å². The molecule has 1 saturated carbocycles. The molecule has 20 heavy (non-hydrogen) atoms. The highest BCUT2D eigenvalue weighted by Gasteiger charge is 2.28. The molecule has 0 aromatic heterocycles. The molecule has 1 aromatic rings. The second-order valence-corrected chi connectivity index (χ2v) is 5.53. The van der Waals surface area contributed by atoms with Crippen LogP contribution in [0.4, 0.5) is 0 Å². The molecule has 0 bridgehead atoms. The van der Waals surface area contributed by atoms with Gasteiger partial charge >= 0.3 is 0 Å². The van der Waals surface area contributed by atoms with Gasteiger partial charge in [-0.2, -0.15) is 0 Å². The van der Waals surface area contributed by atoms with Crippen LogP contribution in [0.1, 0.15) is 42.6 Å². The third-order valence-electron chi connectivity index (χ3n) is 3.48. The van der Waals surface area contributed by atoms with Gasteiger partial charge in [0.1, 0.15) is 6.61 Å². The predicted molar refractivity (Wildman–Crippen MR) is 79.3 cm³/mol. The lowest BCUT2D eigenvalue weighted by molar-refractivity contribution is 0.0696. The van der Waals surface area contributed by atoms with Gasteiger partial charge in [-0.15, -0.1) is 0 Å². The monoisotopic (exact) mass is 271 g/mol. The minimum Gasteiger partial charge on any atom is -0.384 e. The summed E-state index contributed by atoms with van der Waals surface area (Å²) in [5.41, 5.74) is 1.52. The maximum atomic E-state index is 12.5. The molecule has 1 aliphatic carbocycles. The van der Waals surface area contributed by atoms with Crippen molar-refractivity contribution in [1.29, 1.82) is 0 Å². The number of hydrogen-bond donors (Lipinski definition) is 1. The Hall–Kier alpha value is -1.79. The van der Waals surface area contributed by atoms with Crippen molar-refractivity contribution in [2.24, 2.45) is 5.92 Å². The molecule has 0 aliphatic heterocycles. The van der Waals surface area contributed by atoms with Gasteiger partial charge in [0.15, 0.2) is 0 Å². The van der Waals surface area contributed by atoms with Crippen molar-refractivity contribution in [2.75, 3.05) is 13.2 Å². The first-order valence-corrected chi connectivity index (χ1v) is 7.12. The van der Waals surface area contributed by atoms with E-state index in [0.717, 1.165) is 12.1 Å². The van der Waals surface area contributed by atoms with Crippen LogP contribution in [0.2, 0.25) is 0 Å². The highest BCUT2D eigenvalue weighted by atomic mass is 16.2. The van der Waals surface area contributed by atoms with Crippen LogP contribution in [-0.2, 0) is 0 Å². The summed E-state index contributed by atoms with van der Waals surface area (Å²) in [6.45, 7) is 4.83. The van der Waals surface area contributed by atoms with E-state index in [1.807, 2.05) is 29.2 Å². The molecule has 0 radical (unpaired) electrons. The Morgan fingerprint density at radius 2 is 2.00 bits per heavy atom. The van der Waals surface area contributed by atoms with Gasteiger partial charge in [-0.05, 0) is 56.9 Å². The molecular weight excluding hydrogens is 250 g/mol. The van der Waals surface area contributed by atoms with E-state index in [9.17, 15) is 4.79 Å². The van der Waals surface area contributed by atoms with Gasteiger partial charge in [0.05, 0.1) is 0 Å². The summed E-state index contributed by atoms with van der Waals surface area (Å²) in [6.07, 6.45) is 2.48. The molecule has 1 aliphatic rings. The molecule has 2 rings (SSSR count). The summed E-state index contributed by atoms with van der Waals surface area (Å²) < 4.78 is 0. The average Bonchev–Trinajstić information content (AvgIpc) is 3.26. The quantitative estimate of drug-likeness (QED) is 0.854. The van der Waals surface area contributed by atoms with E-state index in [-0.39, 0.29) is 18.6 Å². The Kier molecular flexibility index (Phi) is 4.81. The molecule has 1 N–H and O–H groups in total. The van der Waals surface area contributed by atoms with Gasteiger partial charge in [0.2, 0.25) is 0 Å². The van der Waals surface area contributed by atoms with Crippen molar-refractivity contribution in [3.8, 4) is 11.8 Å². The Labute approximate surface area is 120 Å². The fraction of sp³-hybridized carbons (Fsp3) is 0.471. The topological polar surface area (TPSA) is 40.5 Å². The molecule has 1 aromatic carbocycles. The van der Waals surface area contributed by atoms with E-state index in [1.54, 1.807) is 0 Å². The van der Waals surface area contributed by atoms with Crippen LogP contribution < -0.4 is 0 Å². The van der Waals surface area contributed by atoms with Crippen LogP contribution in [0, 0.1) is 17.8 Å². The van der Waals surface area contributed by atoms with Crippen molar-refractivity contribution in [2.45, 2.75) is 32.7 Å². The van der Waals surface area contributed by atoms with Gasteiger partial charge in [-0.25, -0.2) is 0 Å². The molecule has 0 heterocycles. The number of aliphatic hydroxyl groups is 1. The smallest absolute Gasteiger partial charge is 0.254 e. The van der Waals surface area contributed by atoms with E-state index in [0.29, 0.717) is 11.5 Å². The third-order valence-corrected chi connectivity index (χ3v) is 3.48. The van der Waals surface area contributed by atoms with E-state index < -0.39 is 0 Å². The summed E-state index contributed by atoms with van der Waals surface area (Å²) in [5.74, 6) is 6.21. The van der Waals surface area contributed by atoms with Crippen LogP contribution in [-0.4, -0.2) is 35.1 Å². The van der Waals surface area contributed by atoms with E-state index >= 15 is 0 Å². The molecule has 3 nitrogen and oxygen atoms in total. The zero-order valence-electron chi connectivity index (χ0n) is 12.1. The highest BCUT2D eigenvalue weighted by molar-refractivity contribution is 5.94. The molecule has 1 fully saturated rings. The summed E-state index contributed by atoms with van der Waals surface area (Å²) in [7, 11) is 0. The second kappa shape index (κ2) is 6.58. The van der Waals surface area contributed by atoms with Crippen molar-refractivity contribution in [1.82, 2.24) is 4.90 Å². The fourth-order valence-corrected chi connectivity index (χ4v) is 2.11. The number of rotatable bonds is 4. The molecule has 3 heteroatoms. The molecular formula is C17H21NO2. The first-order valence-electron chi connectivity index (χ1n) is 7.12. The lowest BCUT2D eigenvalue weighted by atomic mass is 10.1. The molecule has 106 valence electrons. The predicted octanol–water partition coefficient (Wildman–Crippen LogP) is 2.29. The van der Waals surface area contributed by atoms with Crippen LogP contribution in [0.15, 0.2) is 24.3 Å². The SMILES string of the molecule is CC(C)N(CC1CC1)C(=O)c1ccc(C#CCO)cc1. The first-order chi connectivity index (χ1) is 9.61. The molecule has 0 spiro atoms. The number of amides is 1. The lowest BCUT2D eigenvalue weighted by Gasteiger charge is -2.27. The maximum Gasteiger partial charge on any atom is 0.254 e. The number of aliphatic hydroxyl groups excluding tert-OH is 1. The Balaban J connectivity index is 2.09. The van der Waals surface area contributed by atoms with Crippen molar-refractivity contribution in [3.63, 3.8) is 0 Å². The summed E-state index contributed by atoms with van der Waals surface area (Å²) in [4.78, 5) is 14.5. The fourth-order valence-electron chi connectivity index (χ4n) is 2.11. The van der Waals surface area contributed by atoms with Gasteiger partial charge in [-0.3, -0.25) is 4.79 Å². The summed E-state index contributed by atoms with van der Waals surface area (Å²) in [5, 5.41) is 8.66. The molecule has 1 amide bonds. The van der Waals surface area contributed by atoms with Gasteiger partial charge < -0.3 is 10.0 Å². The maximum absolute atomic E-state index is 12.5. The number of hydrogen-bond acceptors (Lipinski definition) is 2. The number of carbonyl (C=O) groups is 1. The number of nitrogens with zero attached hydrogens (tertiary/aromatic N) is 1. The first kappa shape index (κ1) is 14.6. The molecule has 0 atom stereocenters. The van der Waals surface area contributed by atoms with Crippen LogP contribution >= 0.6 is 0 Å². The normalized spacial score (nSPS) is 13.8. The van der Waals surface area contributed by atoms with Crippen molar-refractivity contribution in [3.05, 3.63) is 35.4 Å². The van der Waals surface area contributed by atoms with Gasteiger partial charge in [0.25, 0.3) is 5.91 Å². The Morgan fingerprint density at radius 3 is 2.50 bits per heavy atom. The molecule has 0 saturated heterocycles. The Bertz CT molecular complexity index is 518. The van der Waals surface area contributed by atoms with Gasteiger partial charge in [-0.1, -0.05) is 11.8 Å². The van der Waals surface area contributed by atoms with Crippen molar-refractivity contribution >= 4 is 5.91 Å². The second-order valence-electron chi connectivity index (χ2n) is 5.53. The number of carbonyl (C=O) groups excluding carboxylic acids is 1. The largest absolute Gasteiger partial charge is 0.384 e. The number of benzene rings is 1. The van der Waals surface area contributed by atoms with Crippen molar-refractivity contribution < 1.29 is 9.90 Å². The van der Waals surface area contributed by atoms with Crippen LogP contribution in [0.5, 0.6) is 0 Å². The van der Waals surface area contributed by atoms with E-state index in [4.69, 9.17) is 5.11 Å². The zero-order valence-corrected chi connectivity index (χ0v) is 12.1. The standard InChI is InChI=1S/C17H21NO2/c1-13(2)18(12-15-5-6-15)17(20)16-9-7-14(8-10-16)4-3-11-19/h7-10,13,15,19H,5-6,11-12H2,1-2H3. The van der Waals surface area contributed by atoms with Gasteiger partial charge in [0, 0.05) is 23.7 Å². The lowest BCUT2D eigenvalue weighted by Crippen LogP contribution is -2.38. The van der Waals surface area contributed by atoms with Crippen LogP contribution in [0.3, 0.4) is 0 Å². The van der Waals surface area contributed by atoms with Crippen LogP contribution in [0.25, 0.3) is 0 Å². The minimum atomic E-state index is -0.150. The average molecular weight is 271 g/mol. The summed E-state index contributed by atoms with van der Waals surface area (Å²) in [6, 6.07) is 7.49. The third kappa shape index (κ3) is 3.85. The van der Waals surface area contributed by atoms with E-state index in [1.165, 1.54) is 12.8 Å². The minimum absolute atomic E-state index is 0.0913. The Morgan fingerprint density at radius 1 is 1.35 bits per heavy atom.